The predicted molar refractivity (Wildman–Crippen MR) is 74.6 cm³/mol. The second kappa shape index (κ2) is 5.64. The quantitative estimate of drug-likeness (QED) is 0.584. The zero-order valence-electron chi connectivity index (χ0n) is 11.6. The fourth-order valence-corrected chi connectivity index (χ4v) is 1.36. The first-order valence-electron chi connectivity index (χ1n) is 5.86. The Bertz CT molecular complexity index is 557. The van der Waals surface area contributed by atoms with E-state index in [1.54, 1.807) is 20.8 Å². The number of carboxylic acids is 1. The van der Waals surface area contributed by atoms with Crippen molar-refractivity contribution in [1.29, 1.82) is 0 Å². The molecule has 6 heteroatoms. The highest BCUT2D eigenvalue weighted by Crippen LogP contribution is 2.27. The van der Waals surface area contributed by atoms with Crippen LogP contribution in [0.1, 0.15) is 26.3 Å². The summed E-state index contributed by atoms with van der Waals surface area (Å²) in [6.07, 6.45) is -0.745. The number of carboxylic acid groups (broad SMARTS) is 1. The van der Waals surface area contributed by atoms with Crippen molar-refractivity contribution in [3.05, 3.63) is 30.3 Å². The number of phenolic OH excluding ortho intramolecular Hbond substituents is 1. The van der Waals surface area contributed by atoms with Gasteiger partial charge in [0.15, 0.2) is 0 Å². The van der Waals surface area contributed by atoms with Gasteiger partial charge in [-0.2, -0.15) is 0 Å². The Morgan fingerprint density at radius 2 is 1.90 bits per heavy atom. The van der Waals surface area contributed by atoms with Gasteiger partial charge in [-0.25, -0.2) is 9.59 Å². The Morgan fingerprint density at radius 1 is 1.30 bits per heavy atom. The molecule has 108 valence electrons. The van der Waals surface area contributed by atoms with E-state index >= 15 is 0 Å². The second-order valence-electron chi connectivity index (χ2n) is 5.14. The van der Waals surface area contributed by atoms with Gasteiger partial charge in [0.2, 0.25) is 0 Å². The minimum atomic E-state index is -1.18. The number of amides is 1. The zero-order valence-corrected chi connectivity index (χ0v) is 11.6. The number of carbonyl (C=O) groups excluding carboxylic acids is 1. The number of ether oxygens (including phenoxy) is 1. The minimum Gasteiger partial charge on any atom is -0.506 e. The van der Waals surface area contributed by atoms with Crippen LogP contribution >= 0.6 is 0 Å². The van der Waals surface area contributed by atoms with Crippen LogP contribution in [0.25, 0.3) is 5.57 Å². The van der Waals surface area contributed by atoms with E-state index in [0.29, 0.717) is 0 Å². The molecule has 0 saturated heterocycles. The smallest absolute Gasteiger partial charge is 0.412 e. The Kier molecular flexibility index (Phi) is 4.39. The average molecular weight is 279 g/mol. The standard InChI is InChI=1S/C14H17NO5/c1-8(12(17)18)9-5-6-11(16)10(7-9)15-13(19)20-14(2,3)4/h5-7,16H,1H2,2-4H3,(H,15,19)(H,17,18). The topological polar surface area (TPSA) is 95.9 Å². The summed E-state index contributed by atoms with van der Waals surface area (Å²) in [5.74, 6) is -1.38. The molecule has 0 aromatic heterocycles. The van der Waals surface area contributed by atoms with Crippen LogP contribution in [0.4, 0.5) is 10.5 Å². The highest BCUT2D eigenvalue weighted by molar-refractivity contribution is 6.14. The third kappa shape index (κ3) is 4.31. The first kappa shape index (κ1) is 15.6. The van der Waals surface area contributed by atoms with E-state index in [2.05, 4.69) is 11.9 Å². The molecule has 1 amide bonds. The van der Waals surface area contributed by atoms with Gasteiger partial charge >= 0.3 is 12.1 Å². The molecule has 0 atom stereocenters. The molecular weight excluding hydrogens is 262 g/mol. The van der Waals surface area contributed by atoms with Gasteiger partial charge in [-0.05, 0) is 38.5 Å². The van der Waals surface area contributed by atoms with Crippen molar-refractivity contribution in [1.82, 2.24) is 0 Å². The highest BCUT2D eigenvalue weighted by Gasteiger charge is 2.18. The van der Waals surface area contributed by atoms with Crippen molar-refractivity contribution in [2.24, 2.45) is 0 Å². The van der Waals surface area contributed by atoms with E-state index in [1.807, 2.05) is 0 Å². The molecule has 1 aromatic carbocycles. The van der Waals surface area contributed by atoms with Crippen LogP contribution in [0.3, 0.4) is 0 Å². The van der Waals surface area contributed by atoms with Gasteiger partial charge in [-0.15, -0.1) is 0 Å². The molecular formula is C14H17NO5. The van der Waals surface area contributed by atoms with Crippen molar-refractivity contribution >= 4 is 23.3 Å². The Morgan fingerprint density at radius 3 is 2.40 bits per heavy atom. The zero-order chi connectivity index (χ0) is 15.5. The molecule has 0 saturated carbocycles. The van der Waals surface area contributed by atoms with E-state index in [9.17, 15) is 14.7 Å². The van der Waals surface area contributed by atoms with Crippen LogP contribution in [0.5, 0.6) is 5.75 Å². The number of hydrogen-bond donors (Lipinski definition) is 3. The monoisotopic (exact) mass is 279 g/mol. The maximum atomic E-state index is 11.6. The van der Waals surface area contributed by atoms with Crippen LogP contribution in [0.15, 0.2) is 24.8 Å². The lowest BCUT2D eigenvalue weighted by atomic mass is 10.1. The molecule has 3 N–H and O–H groups in total. The fraction of sp³-hybridized carbons (Fsp3) is 0.286. The average Bonchev–Trinajstić information content (AvgIpc) is 2.28. The summed E-state index contributed by atoms with van der Waals surface area (Å²) in [5, 5.41) is 20.9. The highest BCUT2D eigenvalue weighted by atomic mass is 16.6. The molecule has 0 heterocycles. The van der Waals surface area contributed by atoms with Gasteiger partial charge in [-0.3, -0.25) is 5.32 Å². The maximum absolute atomic E-state index is 11.6. The van der Waals surface area contributed by atoms with Gasteiger partial charge in [-0.1, -0.05) is 12.6 Å². The van der Waals surface area contributed by atoms with Crippen molar-refractivity contribution in [2.45, 2.75) is 26.4 Å². The third-order valence-corrected chi connectivity index (χ3v) is 2.24. The van der Waals surface area contributed by atoms with Gasteiger partial charge < -0.3 is 14.9 Å². The summed E-state index contributed by atoms with van der Waals surface area (Å²) in [7, 11) is 0. The van der Waals surface area contributed by atoms with E-state index in [0.717, 1.165) is 0 Å². The van der Waals surface area contributed by atoms with E-state index in [-0.39, 0.29) is 22.6 Å². The first-order chi connectivity index (χ1) is 9.10. The summed E-state index contributed by atoms with van der Waals surface area (Å²) in [4.78, 5) is 22.4. The van der Waals surface area contributed by atoms with Crippen molar-refractivity contribution in [2.75, 3.05) is 5.32 Å². The Labute approximate surface area is 116 Å². The molecule has 6 nitrogen and oxygen atoms in total. The number of aromatic hydroxyl groups is 1. The largest absolute Gasteiger partial charge is 0.506 e. The van der Waals surface area contributed by atoms with Gasteiger partial charge in [0, 0.05) is 0 Å². The lowest BCUT2D eigenvalue weighted by Crippen LogP contribution is -2.27. The minimum absolute atomic E-state index is 0.0548. The van der Waals surface area contributed by atoms with Gasteiger partial charge in [0.1, 0.15) is 11.4 Å². The third-order valence-electron chi connectivity index (χ3n) is 2.24. The molecule has 20 heavy (non-hydrogen) atoms. The number of hydrogen-bond acceptors (Lipinski definition) is 4. The summed E-state index contributed by atoms with van der Waals surface area (Å²) in [6.45, 7) is 8.52. The maximum Gasteiger partial charge on any atom is 0.412 e. The van der Waals surface area contributed by atoms with E-state index in [1.165, 1.54) is 18.2 Å². The number of phenols is 1. The normalized spacial score (nSPS) is 10.8. The molecule has 0 radical (unpaired) electrons. The van der Waals surface area contributed by atoms with Gasteiger partial charge in [0.25, 0.3) is 0 Å². The molecule has 0 bridgehead atoms. The van der Waals surface area contributed by atoms with Crippen LogP contribution < -0.4 is 5.32 Å². The van der Waals surface area contributed by atoms with Crippen LogP contribution in [0, 0.1) is 0 Å². The van der Waals surface area contributed by atoms with Crippen molar-refractivity contribution in [3.63, 3.8) is 0 Å². The second-order valence-corrected chi connectivity index (χ2v) is 5.14. The van der Waals surface area contributed by atoms with Crippen LogP contribution in [-0.2, 0) is 9.53 Å². The summed E-state index contributed by atoms with van der Waals surface area (Å²) in [5.41, 5.74) is -0.486. The molecule has 0 aliphatic rings. The number of carbonyl (C=O) groups is 2. The molecule has 1 rings (SSSR count). The molecule has 0 spiro atoms. The Balaban J connectivity index is 2.95. The number of aliphatic carboxylic acids is 1. The molecule has 1 aromatic rings. The summed E-state index contributed by atoms with van der Waals surface area (Å²) < 4.78 is 5.04. The number of anilines is 1. The Hall–Kier alpha value is -2.50. The molecule has 0 unspecified atom stereocenters. The van der Waals surface area contributed by atoms with Crippen LogP contribution in [0.2, 0.25) is 0 Å². The summed E-state index contributed by atoms with van der Waals surface area (Å²) in [6, 6.07) is 3.98. The fourth-order valence-electron chi connectivity index (χ4n) is 1.36. The first-order valence-corrected chi connectivity index (χ1v) is 5.86. The molecule has 0 aliphatic carbocycles. The van der Waals surface area contributed by atoms with Crippen molar-refractivity contribution in [3.8, 4) is 5.75 Å². The molecule has 0 aliphatic heterocycles. The SMILES string of the molecule is C=C(C(=O)O)c1ccc(O)c(NC(=O)OC(C)(C)C)c1. The number of rotatable bonds is 3. The predicted octanol–water partition coefficient (Wildman–Crippen LogP) is 2.84. The summed E-state index contributed by atoms with van der Waals surface area (Å²) >= 11 is 0. The van der Waals surface area contributed by atoms with E-state index in [4.69, 9.17) is 9.84 Å². The number of nitrogens with one attached hydrogen (secondary N) is 1. The van der Waals surface area contributed by atoms with E-state index < -0.39 is 17.7 Å². The number of benzene rings is 1. The molecule has 0 fully saturated rings. The lowest BCUT2D eigenvalue weighted by molar-refractivity contribution is -0.130. The van der Waals surface area contributed by atoms with Gasteiger partial charge in [0.05, 0.1) is 11.3 Å². The van der Waals surface area contributed by atoms with Crippen LogP contribution in [-0.4, -0.2) is 27.9 Å². The lowest BCUT2D eigenvalue weighted by Gasteiger charge is -2.20. The van der Waals surface area contributed by atoms with Crippen molar-refractivity contribution < 1.29 is 24.5 Å².